The molecule has 3 aliphatic rings. The molecule has 0 amide bonds. The number of nitrogens with one attached hydrogen (secondary N) is 1. The van der Waals surface area contributed by atoms with E-state index < -0.39 is 33.4 Å². The van der Waals surface area contributed by atoms with Crippen molar-refractivity contribution in [2.45, 2.75) is 30.1 Å². The highest BCUT2D eigenvalue weighted by atomic mass is 35.5. The lowest BCUT2D eigenvalue weighted by molar-refractivity contribution is -0.139. The normalized spacial score (nSPS) is 21.1. The summed E-state index contributed by atoms with van der Waals surface area (Å²) in [4.78, 5) is 18.3. The number of hydrogen-bond acceptors (Lipinski definition) is 8. The zero-order valence-electron chi connectivity index (χ0n) is 22.6. The molecule has 2 aliphatic heterocycles. The number of carbonyl (C=O) groups excluding carboxylic acids is 1. The molecule has 11 heteroatoms. The minimum absolute atomic E-state index is 0.377. The first-order valence-electron chi connectivity index (χ1n) is 13.4. The number of aromatic nitrogens is 1. The van der Waals surface area contributed by atoms with Gasteiger partial charge < -0.3 is 19.5 Å². The number of pyridine rings is 1. The van der Waals surface area contributed by atoms with Crippen LogP contribution in [0.1, 0.15) is 30.4 Å². The van der Waals surface area contributed by atoms with Gasteiger partial charge in [-0.2, -0.15) is 0 Å². The third-order valence-corrected chi connectivity index (χ3v) is 9.46. The Balaban J connectivity index is 1.33. The molecule has 1 unspecified atom stereocenters. The fraction of sp³-hybridized carbons (Fsp3) is 0.333. The summed E-state index contributed by atoms with van der Waals surface area (Å²) in [6.45, 7) is 1.79. The van der Waals surface area contributed by atoms with Gasteiger partial charge in [0.05, 0.1) is 12.7 Å². The second kappa shape index (κ2) is 12.3. The molecule has 1 aromatic heterocycles. The number of ether oxygens (including phenoxy) is 2. The van der Waals surface area contributed by atoms with Gasteiger partial charge in [-0.1, -0.05) is 42.0 Å². The summed E-state index contributed by atoms with van der Waals surface area (Å²) in [6, 6.07) is 11.1. The average Bonchev–Trinajstić information content (AvgIpc) is 3.13. The van der Waals surface area contributed by atoms with Crippen molar-refractivity contribution in [1.29, 1.82) is 0 Å². The number of fused-ring (bicyclic) bond motifs is 2. The summed E-state index contributed by atoms with van der Waals surface area (Å²) in [5, 5.41) is 10.8. The summed E-state index contributed by atoms with van der Waals surface area (Å²) in [5.41, 5.74) is 2.01. The standard InChI is InChI=1S/C30H32ClN3O6S/c1-39-28(35)20-33-41(37,38)27-8-2-7-26-25(27)19-21(24-6-3-15-32-29(24)40-26)5-4-16-34-17-13-30(36,14-18-34)22-9-11-23(31)12-10-22/h2-3,5-12,15,19,27,33,36H,4,13-14,16-18,20H2,1H3. The lowest BCUT2D eigenvalue weighted by Crippen LogP contribution is -2.42. The number of carbonyl (C=O) groups is 1. The highest BCUT2D eigenvalue weighted by molar-refractivity contribution is 7.90. The minimum atomic E-state index is -3.97. The number of allylic oxidation sites excluding steroid dienone is 5. The Labute approximate surface area is 244 Å². The first kappa shape index (κ1) is 29.2. The van der Waals surface area contributed by atoms with Crippen LogP contribution < -0.4 is 9.46 Å². The minimum Gasteiger partial charge on any atom is -0.468 e. The van der Waals surface area contributed by atoms with Gasteiger partial charge in [0.25, 0.3) is 0 Å². The summed E-state index contributed by atoms with van der Waals surface area (Å²) < 4.78 is 39.4. The molecule has 5 rings (SSSR count). The summed E-state index contributed by atoms with van der Waals surface area (Å²) in [5.74, 6) is 0.0785. The molecule has 3 heterocycles. The maximum absolute atomic E-state index is 13.2. The Kier molecular flexibility index (Phi) is 8.77. The fourth-order valence-electron chi connectivity index (χ4n) is 5.23. The molecule has 41 heavy (non-hydrogen) atoms. The predicted octanol–water partition coefficient (Wildman–Crippen LogP) is 3.73. The van der Waals surface area contributed by atoms with Crippen LogP contribution in [0.4, 0.5) is 0 Å². The van der Waals surface area contributed by atoms with Crippen molar-refractivity contribution in [2.24, 2.45) is 0 Å². The maximum Gasteiger partial charge on any atom is 0.320 e. The monoisotopic (exact) mass is 597 g/mol. The van der Waals surface area contributed by atoms with Gasteiger partial charge in [0.2, 0.25) is 15.9 Å². The Hall–Kier alpha value is -3.28. The van der Waals surface area contributed by atoms with Crippen LogP contribution in [0.15, 0.2) is 84.3 Å². The van der Waals surface area contributed by atoms with E-state index in [2.05, 4.69) is 25.4 Å². The van der Waals surface area contributed by atoms with Crippen molar-refractivity contribution in [1.82, 2.24) is 14.6 Å². The van der Waals surface area contributed by atoms with Crippen LogP contribution in [0.2, 0.25) is 5.02 Å². The van der Waals surface area contributed by atoms with Crippen LogP contribution >= 0.6 is 11.6 Å². The van der Waals surface area contributed by atoms with Gasteiger partial charge in [-0.15, -0.1) is 0 Å². The van der Waals surface area contributed by atoms with Crippen molar-refractivity contribution in [2.75, 3.05) is 33.3 Å². The van der Waals surface area contributed by atoms with Crippen LogP contribution in [0.25, 0.3) is 5.57 Å². The Morgan fingerprint density at radius 2 is 2.02 bits per heavy atom. The van der Waals surface area contributed by atoms with Crippen molar-refractivity contribution < 1.29 is 27.8 Å². The molecule has 0 radical (unpaired) electrons. The molecular formula is C30H32ClN3O6S. The SMILES string of the molecule is COC(=O)CNS(=O)(=O)C1C=CC=C2Oc3ncccc3C(=CCCN3CCC(O)(c4ccc(Cl)cc4)CC3)C=C21. The van der Waals surface area contributed by atoms with E-state index in [1.807, 2.05) is 30.3 Å². The van der Waals surface area contributed by atoms with Crippen LogP contribution in [-0.2, 0) is 25.2 Å². The third-order valence-electron chi connectivity index (χ3n) is 7.58. The van der Waals surface area contributed by atoms with Crippen LogP contribution in [0, 0.1) is 0 Å². The number of aliphatic hydroxyl groups is 1. The number of halogens is 1. The molecule has 1 atom stereocenters. The van der Waals surface area contributed by atoms with Gasteiger partial charge >= 0.3 is 5.97 Å². The van der Waals surface area contributed by atoms with E-state index in [-0.39, 0.29) is 0 Å². The number of likely N-dealkylation sites (tertiary alicyclic amines) is 1. The van der Waals surface area contributed by atoms with Gasteiger partial charge in [0.1, 0.15) is 17.6 Å². The van der Waals surface area contributed by atoms with Gasteiger partial charge in [-0.05, 0) is 66.8 Å². The number of benzene rings is 1. The van der Waals surface area contributed by atoms with E-state index in [9.17, 15) is 18.3 Å². The van der Waals surface area contributed by atoms with Crippen molar-refractivity contribution in [3.8, 4) is 5.88 Å². The molecule has 0 saturated carbocycles. The molecule has 0 spiro atoms. The molecule has 216 valence electrons. The molecule has 2 aromatic rings. The number of esters is 1. The second-order valence-electron chi connectivity index (χ2n) is 10.2. The molecule has 1 fully saturated rings. The third kappa shape index (κ3) is 6.63. The van der Waals surface area contributed by atoms with Crippen molar-refractivity contribution >= 4 is 33.2 Å². The Morgan fingerprint density at radius 1 is 1.27 bits per heavy atom. The van der Waals surface area contributed by atoms with E-state index in [0.29, 0.717) is 41.5 Å². The van der Waals surface area contributed by atoms with Gasteiger partial charge in [0.15, 0.2) is 0 Å². The van der Waals surface area contributed by atoms with E-state index in [0.717, 1.165) is 36.3 Å². The molecule has 1 aromatic carbocycles. The summed E-state index contributed by atoms with van der Waals surface area (Å²) >= 11 is 6.01. The second-order valence-corrected chi connectivity index (χ2v) is 12.5. The number of sulfonamides is 1. The fourth-order valence-corrected chi connectivity index (χ4v) is 6.67. The Morgan fingerprint density at radius 3 is 2.76 bits per heavy atom. The van der Waals surface area contributed by atoms with Gasteiger partial charge in [0, 0.05) is 42.0 Å². The van der Waals surface area contributed by atoms with Crippen LogP contribution in [-0.4, -0.2) is 67.9 Å². The van der Waals surface area contributed by atoms with Crippen LogP contribution in [0.5, 0.6) is 5.88 Å². The van der Waals surface area contributed by atoms with E-state index >= 15 is 0 Å². The molecule has 9 nitrogen and oxygen atoms in total. The zero-order chi connectivity index (χ0) is 29.0. The lowest BCUT2D eigenvalue weighted by Gasteiger charge is -2.38. The molecule has 1 saturated heterocycles. The number of nitrogens with zero attached hydrogens (tertiary/aromatic N) is 2. The molecular weight excluding hydrogens is 566 g/mol. The largest absolute Gasteiger partial charge is 0.468 e. The number of rotatable bonds is 8. The van der Waals surface area contributed by atoms with Crippen molar-refractivity contribution in [3.63, 3.8) is 0 Å². The average molecular weight is 598 g/mol. The summed E-state index contributed by atoms with van der Waals surface area (Å²) in [7, 11) is -2.77. The highest BCUT2D eigenvalue weighted by Crippen LogP contribution is 2.38. The van der Waals surface area contributed by atoms with Crippen molar-refractivity contribution in [3.05, 3.63) is 100 Å². The lowest BCUT2D eigenvalue weighted by atomic mass is 9.84. The first-order chi connectivity index (χ1) is 19.7. The number of methoxy groups -OCH3 is 1. The first-order valence-corrected chi connectivity index (χ1v) is 15.3. The smallest absolute Gasteiger partial charge is 0.320 e. The van der Waals surface area contributed by atoms with Gasteiger partial charge in [-0.3, -0.25) is 4.79 Å². The molecule has 0 bridgehead atoms. The topological polar surface area (TPSA) is 118 Å². The zero-order valence-corrected chi connectivity index (χ0v) is 24.2. The van der Waals surface area contributed by atoms with Crippen LogP contribution in [0.3, 0.4) is 0 Å². The number of hydrogen-bond donors (Lipinski definition) is 2. The number of piperidine rings is 1. The maximum atomic E-state index is 13.2. The van der Waals surface area contributed by atoms with E-state index in [1.54, 1.807) is 36.6 Å². The molecule has 2 N–H and O–H groups in total. The predicted molar refractivity (Wildman–Crippen MR) is 157 cm³/mol. The highest BCUT2D eigenvalue weighted by Gasteiger charge is 2.35. The molecule has 1 aliphatic carbocycles. The summed E-state index contributed by atoms with van der Waals surface area (Å²) in [6.07, 6.45) is 12.3. The van der Waals surface area contributed by atoms with E-state index in [1.165, 1.54) is 7.11 Å². The van der Waals surface area contributed by atoms with Gasteiger partial charge in [-0.25, -0.2) is 18.1 Å². The van der Waals surface area contributed by atoms with E-state index in [4.69, 9.17) is 16.3 Å². The Bertz CT molecular complexity index is 1520. The quantitative estimate of drug-likeness (QED) is 0.442.